The number of nitrogens with zero attached hydrogens (tertiary/aromatic N) is 2. The van der Waals surface area contributed by atoms with Crippen molar-refractivity contribution in [2.45, 2.75) is 18.9 Å². The normalized spacial score (nSPS) is 26.6. The number of hydrogen-bond donors (Lipinski definition) is 0. The van der Waals surface area contributed by atoms with Gasteiger partial charge in [0.05, 0.1) is 19.4 Å². The van der Waals surface area contributed by atoms with Crippen molar-refractivity contribution >= 4 is 9.39 Å². The highest BCUT2D eigenvalue weighted by Crippen LogP contribution is 2.36. The van der Waals surface area contributed by atoms with E-state index >= 15 is 0 Å². The number of rotatable bonds is 3. The maximum Gasteiger partial charge on any atom is 0.112 e. The Balaban J connectivity index is 2.08. The molecule has 1 heterocycles. The maximum atomic E-state index is 5.80. The van der Waals surface area contributed by atoms with Gasteiger partial charge in [0.15, 0.2) is 0 Å². The molecule has 0 amide bonds. The van der Waals surface area contributed by atoms with Crippen LogP contribution in [0.4, 0.5) is 0 Å². The Morgan fingerprint density at radius 3 is 2.87 bits per heavy atom. The first kappa shape index (κ1) is 11.3. The van der Waals surface area contributed by atoms with Gasteiger partial charge in [0.1, 0.15) is 6.10 Å². The van der Waals surface area contributed by atoms with E-state index in [2.05, 4.69) is 14.1 Å². The smallest absolute Gasteiger partial charge is 0.112 e. The Morgan fingerprint density at radius 1 is 1.60 bits per heavy atom. The fraction of sp³-hybridized carbons (Fsp3) is 0.800. The maximum absolute atomic E-state index is 5.80. The molecular formula is C10H19N2O2P. The Bertz CT molecular complexity index is 264. The van der Waals surface area contributed by atoms with E-state index in [1.807, 2.05) is 12.1 Å². The van der Waals surface area contributed by atoms with Crippen molar-refractivity contribution < 1.29 is 9.57 Å². The standard InChI is InChI=1S/C10H19N2O2P/c1-11(13-2)10(8-3-4-8)9-7-12(15)5-6-14-9/h9H,3-7,15H2,1-2H3. The van der Waals surface area contributed by atoms with E-state index in [0.29, 0.717) is 0 Å². The van der Waals surface area contributed by atoms with Crippen molar-refractivity contribution in [3.63, 3.8) is 0 Å². The van der Waals surface area contributed by atoms with Crippen LogP contribution in [0, 0.1) is 0 Å². The lowest BCUT2D eigenvalue weighted by atomic mass is 10.2. The Morgan fingerprint density at radius 2 is 2.33 bits per heavy atom. The van der Waals surface area contributed by atoms with Gasteiger partial charge < -0.3 is 4.74 Å². The van der Waals surface area contributed by atoms with E-state index in [1.165, 1.54) is 24.1 Å². The van der Waals surface area contributed by atoms with E-state index in [-0.39, 0.29) is 6.10 Å². The van der Waals surface area contributed by atoms with Gasteiger partial charge in [0.25, 0.3) is 0 Å². The molecule has 0 radical (unpaired) electrons. The molecule has 1 aliphatic carbocycles. The minimum atomic E-state index is 0.165. The van der Waals surface area contributed by atoms with E-state index in [1.54, 1.807) is 7.11 Å². The minimum absolute atomic E-state index is 0.165. The van der Waals surface area contributed by atoms with Crippen LogP contribution in [-0.4, -0.2) is 49.7 Å². The van der Waals surface area contributed by atoms with E-state index in [9.17, 15) is 0 Å². The van der Waals surface area contributed by atoms with E-state index < -0.39 is 0 Å². The molecule has 0 N–H and O–H groups in total. The third kappa shape index (κ3) is 2.70. The minimum Gasteiger partial charge on any atom is -0.369 e. The lowest BCUT2D eigenvalue weighted by Crippen LogP contribution is -2.41. The van der Waals surface area contributed by atoms with Crippen molar-refractivity contribution in [1.29, 1.82) is 0 Å². The molecule has 2 atom stereocenters. The summed E-state index contributed by atoms with van der Waals surface area (Å²) in [6.45, 7) is 2.71. The van der Waals surface area contributed by atoms with Crippen molar-refractivity contribution in [3.8, 4) is 0 Å². The molecule has 5 heteroatoms. The van der Waals surface area contributed by atoms with Crippen molar-refractivity contribution in [3.05, 3.63) is 11.3 Å². The topological polar surface area (TPSA) is 24.9 Å². The van der Waals surface area contributed by atoms with Crippen LogP contribution >= 0.6 is 9.39 Å². The second-order valence-electron chi connectivity index (χ2n) is 4.02. The van der Waals surface area contributed by atoms with Crippen LogP contribution in [-0.2, 0) is 9.57 Å². The molecular weight excluding hydrogens is 211 g/mol. The van der Waals surface area contributed by atoms with Crippen LogP contribution < -0.4 is 0 Å². The van der Waals surface area contributed by atoms with Crippen molar-refractivity contribution in [2.75, 3.05) is 33.9 Å². The molecule has 0 aromatic rings. The third-order valence-electron chi connectivity index (χ3n) is 2.88. The second-order valence-corrected chi connectivity index (χ2v) is 4.75. The van der Waals surface area contributed by atoms with Gasteiger partial charge in [-0.25, -0.2) is 0 Å². The summed E-state index contributed by atoms with van der Waals surface area (Å²) in [4.78, 5) is 5.27. The molecule has 4 nitrogen and oxygen atoms in total. The highest BCUT2D eigenvalue weighted by atomic mass is 31.0. The fourth-order valence-electron chi connectivity index (χ4n) is 1.90. The molecule has 1 aliphatic heterocycles. The van der Waals surface area contributed by atoms with Crippen molar-refractivity contribution in [2.24, 2.45) is 0 Å². The van der Waals surface area contributed by atoms with Crippen LogP contribution in [0.15, 0.2) is 11.3 Å². The van der Waals surface area contributed by atoms with Gasteiger partial charge in [-0.15, -0.1) is 0 Å². The SMILES string of the molecule is CON(C)C(=C1CC1)C1CN(P)CCO1. The van der Waals surface area contributed by atoms with Gasteiger partial charge in [-0.2, -0.15) is 0 Å². The van der Waals surface area contributed by atoms with Gasteiger partial charge in [-0.1, -0.05) is 9.39 Å². The lowest BCUT2D eigenvalue weighted by Gasteiger charge is -2.34. The zero-order chi connectivity index (χ0) is 10.8. The first-order chi connectivity index (χ1) is 7.22. The number of hydroxylamine groups is 2. The molecule has 0 aromatic carbocycles. The van der Waals surface area contributed by atoms with Crippen molar-refractivity contribution in [1.82, 2.24) is 9.73 Å². The van der Waals surface area contributed by atoms with Gasteiger partial charge in [0.2, 0.25) is 0 Å². The largest absolute Gasteiger partial charge is 0.369 e. The monoisotopic (exact) mass is 230 g/mol. The Hall–Kier alpha value is -0.150. The van der Waals surface area contributed by atoms with Crippen LogP contribution in [0.5, 0.6) is 0 Å². The Labute approximate surface area is 93.4 Å². The Kier molecular flexibility index (Phi) is 3.62. The third-order valence-corrected chi connectivity index (χ3v) is 3.35. The van der Waals surface area contributed by atoms with Gasteiger partial charge >= 0.3 is 0 Å². The summed E-state index contributed by atoms with van der Waals surface area (Å²) >= 11 is 0. The summed E-state index contributed by atoms with van der Waals surface area (Å²) < 4.78 is 8.02. The molecule has 2 aliphatic rings. The van der Waals surface area contributed by atoms with Gasteiger partial charge in [-0.05, 0) is 18.4 Å². The summed E-state index contributed by atoms with van der Waals surface area (Å²) in [5, 5.41) is 1.84. The lowest BCUT2D eigenvalue weighted by molar-refractivity contribution is -0.107. The summed E-state index contributed by atoms with van der Waals surface area (Å²) in [6, 6.07) is 0. The predicted octanol–water partition coefficient (Wildman–Crippen LogP) is 1.02. The second kappa shape index (κ2) is 4.79. The van der Waals surface area contributed by atoms with Gasteiger partial charge in [-0.3, -0.25) is 14.6 Å². The molecule has 15 heavy (non-hydrogen) atoms. The zero-order valence-electron chi connectivity index (χ0n) is 9.40. The van der Waals surface area contributed by atoms with E-state index in [4.69, 9.17) is 9.57 Å². The predicted molar refractivity (Wildman–Crippen MR) is 62.1 cm³/mol. The number of morpholine rings is 1. The fourth-order valence-corrected chi connectivity index (χ4v) is 2.20. The summed E-state index contributed by atoms with van der Waals surface area (Å²) in [5.74, 6) is 0. The summed E-state index contributed by atoms with van der Waals surface area (Å²) in [5.41, 5.74) is 2.70. The molecule has 1 saturated heterocycles. The number of ether oxygens (including phenoxy) is 1. The molecule has 86 valence electrons. The average Bonchev–Trinajstić information content (AvgIpc) is 3.02. The molecule has 0 aromatic heterocycles. The van der Waals surface area contributed by atoms with Gasteiger partial charge in [0, 0.05) is 20.1 Å². The number of likely N-dealkylation sites (N-methyl/N-ethyl adjacent to an activating group) is 1. The highest BCUT2D eigenvalue weighted by molar-refractivity contribution is 7.13. The average molecular weight is 230 g/mol. The first-order valence-corrected chi connectivity index (χ1v) is 5.85. The van der Waals surface area contributed by atoms with Crippen LogP contribution in [0.1, 0.15) is 12.8 Å². The summed E-state index contributed by atoms with van der Waals surface area (Å²) in [7, 11) is 6.40. The molecule has 2 fully saturated rings. The zero-order valence-corrected chi connectivity index (χ0v) is 10.6. The van der Waals surface area contributed by atoms with Crippen LogP contribution in [0.3, 0.4) is 0 Å². The van der Waals surface area contributed by atoms with E-state index in [0.717, 1.165) is 19.7 Å². The molecule has 2 unspecified atom stereocenters. The number of allylic oxidation sites excluding steroid dienone is 1. The summed E-state index contributed by atoms with van der Waals surface area (Å²) in [6.07, 6.45) is 2.55. The molecule has 1 saturated carbocycles. The molecule has 0 bridgehead atoms. The van der Waals surface area contributed by atoms with Crippen LogP contribution in [0.2, 0.25) is 0 Å². The highest BCUT2D eigenvalue weighted by Gasteiger charge is 2.30. The first-order valence-electron chi connectivity index (χ1n) is 5.33. The van der Waals surface area contributed by atoms with Crippen LogP contribution in [0.25, 0.3) is 0 Å². The number of hydrogen-bond acceptors (Lipinski definition) is 4. The molecule has 2 rings (SSSR count). The quantitative estimate of drug-likeness (QED) is 0.534. The molecule has 0 spiro atoms.